The summed E-state index contributed by atoms with van der Waals surface area (Å²) in [5.41, 5.74) is 1.30. The number of hydrogen-bond donors (Lipinski definition) is 0. The van der Waals surface area contributed by atoms with Gasteiger partial charge < -0.3 is 9.64 Å². The molecule has 26 heavy (non-hydrogen) atoms. The molecule has 2 aromatic rings. The molecule has 1 fully saturated rings. The Labute approximate surface area is 158 Å². The fourth-order valence-electron chi connectivity index (χ4n) is 2.87. The number of hydrogen-bond acceptors (Lipinski definition) is 4. The van der Waals surface area contributed by atoms with E-state index in [0.717, 1.165) is 25.4 Å². The van der Waals surface area contributed by atoms with Crippen LogP contribution < -0.4 is 4.74 Å². The molecule has 0 radical (unpaired) electrons. The maximum atomic E-state index is 12.5. The molecule has 6 heteroatoms. The lowest BCUT2D eigenvalue weighted by molar-refractivity contribution is 0.0620. The Morgan fingerprint density at radius 1 is 1.04 bits per heavy atom. The monoisotopic (exact) mass is 369 g/mol. The smallest absolute Gasteiger partial charge is 0.253 e. The van der Waals surface area contributed by atoms with Crippen molar-refractivity contribution in [1.82, 2.24) is 9.80 Å². The maximum Gasteiger partial charge on any atom is 0.253 e. The second-order valence-corrected chi connectivity index (χ2v) is 6.56. The summed E-state index contributed by atoms with van der Waals surface area (Å²) in [7, 11) is 0. The molecule has 0 saturated carbocycles. The third kappa shape index (κ3) is 4.75. The molecule has 1 aliphatic heterocycles. The third-order valence-electron chi connectivity index (χ3n) is 4.41. The van der Waals surface area contributed by atoms with Crippen molar-refractivity contribution in [3.05, 3.63) is 64.7 Å². The molecule has 0 bridgehead atoms. The van der Waals surface area contributed by atoms with E-state index in [1.54, 1.807) is 48.5 Å². The Balaban J connectivity index is 1.41. The maximum absolute atomic E-state index is 12.5. The first-order valence-corrected chi connectivity index (χ1v) is 8.93. The zero-order chi connectivity index (χ0) is 18.4. The highest BCUT2D eigenvalue weighted by Gasteiger charge is 2.21. The van der Waals surface area contributed by atoms with Crippen molar-refractivity contribution >= 4 is 17.5 Å². The van der Waals surface area contributed by atoms with Crippen LogP contribution in [0.4, 0.5) is 0 Å². The molecule has 5 nitrogen and oxygen atoms in total. The van der Waals surface area contributed by atoms with Crippen molar-refractivity contribution in [1.29, 1.82) is 5.26 Å². The number of benzene rings is 2. The molecular weight excluding hydrogens is 350 g/mol. The van der Waals surface area contributed by atoms with E-state index in [1.807, 2.05) is 4.90 Å². The fourth-order valence-corrected chi connectivity index (χ4v) is 2.99. The van der Waals surface area contributed by atoms with Gasteiger partial charge in [-0.05, 0) is 48.5 Å². The molecular formula is C20H20ClN3O2. The lowest BCUT2D eigenvalue weighted by Crippen LogP contribution is -2.49. The van der Waals surface area contributed by atoms with Crippen LogP contribution in [0.1, 0.15) is 15.9 Å². The molecule has 0 N–H and O–H groups in total. The van der Waals surface area contributed by atoms with Gasteiger partial charge in [0.2, 0.25) is 0 Å². The minimum atomic E-state index is 0.0511. The van der Waals surface area contributed by atoms with Crippen LogP contribution in [-0.2, 0) is 0 Å². The summed E-state index contributed by atoms with van der Waals surface area (Å²) in [4.78, 5) is 16.6. The van der Waals surface area contributed by atoms with Crippen LogP contribution in [0.25, 0.3) is 0 Å². The molecule has 3 rings (SSSR count). The Bertz CT molecular complexity index is 776. The van der Waals surface area contributed by atoms with Crippen molar-refractivity contribution < 1.29 is 9.53 Å². The highest BCUT2D eigenvalue weighted by atomic mass is 35.5. The van der Waals surface area contributed by atoms with Gasteiger partial charge >= 0.3 is 0 Å². The number of amides is 1. The van der Waals surface area contributed by atoms with Gasteiger partial charge in [0.25, 0.3) is 5.91 Å². The standard InChI is InChI=1S/C20H20ClN3O2/c21-18-5-3-17(4-6-18)20(25)24-11-9-23(10-12-24)13-14-26-19-7-1-16(15-22)2-8-19/h1-8H,9-14H2. The highest BCUT2D eigenvalue weighted by Crippen LogP contribution is 2.14. The molecule has 2 aromatic carbocycles. The van der Waals surface area contributed by atoms with Gasteiger partial charge in [0.05, 0.1) is 11.6 Å². The number of carbonyl (C=O) groups is 1. The van der Waals surface area contributed by atoms with Gasteiger partial charge in [-0.3, -0.25) is 9.69 Å². The highest BCUT2D eigenvalue weighted by molar-refractivity contribution is 6.30. The van der Waals surface area contributed by atoms with Crippen molar-refractivity contribution in [2.75, 3.05) is 39.3 Å². The van der Waals surface area contributed by atoms with Crippen LogP contribution in [-0.4, -0.2) is 55.0 Å². The SMILES string of the molecule is N#Cc1ccc(OCCN2CCN(C(=O)c3ccc(Cl)cc3)CC2)cc1. The van der Waals surface area contributed by atoms with E-state index in [4.69, 9.17) is 21.6 Å². The number of nitriles is 1. The van der Waals surface area contributed by atoms with Crippen molar-refractivity contribution in [3.8, 4) is 11.8 Å². The van der Waals surface area contributed by atoms with Gasteiger partial charge in [0.15, 0.2) is 0 Å². The molecule has 0 aromatic heterocycles. The van der Waals surface area contributed by atoms with Crippen molar-refractivity contribution in [2.24, 2.45) is 0 Å². The number of halogens is 1. The summed E-state index contributed by atoms with van der Waals surface area (Å²) in [6.07, 6.45) is 0. The lowest BCUT2D eigenvalue weighted by Gasteiger charge is -2.34. The predicted octanol–water partition coefficient (Wildman–Crippen LogP) is 3.05. The zero-order valence-electron chi connectivity index (χ0n) is 14.4. The van der Waals surface area contributed by atoms with Crippen molar-refractivity contribution in [2.45, 2.75) is 0 Å². The molecule has 0 aliphatic carbocycles. The largest absolute Gasteiger partial charge is 0.492 e. The molecule has 0 atom stereocenters. The van der Waals surface area contributed by atoms with Crippen LogP contribution in [0.15, 0.2) is 48.5 Å². The second-order valence-electron chi connectivity index (χ2n) is 6.13. The van der Waals surface area contributed by atoms with Crippen LogP contribution in [0.5, 0.6) is 5.75 Å². The van der Waals surface area contributed by atoms with E-state index in [-0.39, 0.29) is 5.91 Å². The first-order valence-electron chi connectivity index (χ1n) is 8.56. The molecule has 1 saturated heterocycles. The van der Waals surface area contributed by atoms with Crippen LogP contribution in [0.2, 0.25) is 5.02 Å². The third-order valence-corrected chi connectivity index (χ3v) is 4.66. The number of rotatable bonds is 5. The molecule has 134 valence electrons. The normalized spacial score (nSPS) is 14.7. The quantitative estimate of drug-likeness (QED) is 0.812. The van der Waals surface area contributed by atoms with Gasteiger partial charge in [-0.2, -0.15) is 5.26 Å². The van der Waals surface area contributed by atoms with E-state index in [0.29, 0.717) is 35.8 Å². The zero-order valence-corrected chi connectivity index (χ0v) is 15.2. The minimum absolute atomic E-state index is 0.0511. The number of nitrogens with zero attached hydrogens (tertiary/aromatic N) is 3. The average Bonchev–Trinajstić information content (AvgIpc) is 2.69. The Morgan fingerprint density at radius 3 is 2.31 bits per heavy atom. The Hall–Kier alpha value is -2.55. The van der Waals surface area contributed by atoms with Crippen LogP contribution in [0.3, 0.4) is 0 Å². The summed E-state index contributed by atoms with van der Waals surface area (Å²) in [5.74, 6) is 0.815. The van der Waals surface area contributed by atoms with E-state index in [2.05, 4.69) is 11.0 Å². The van der Waals surface area contributed by atoms with Gasteiger partial charge in [0, 0.05) is 43.3 Å². The summed E-state index contributed by atoms with van der Waals surface area (Å²) in [6, 6.07) is 16.2. The molecule has 0 spiro atoms. The number of ether oxygens (including phenoxy) is 1. The van der Waals surface area contributed by atoms with E-state index >= 15 is 0 Å². The topological polar surface area (TPSA) is 56.6 Å². The molecule has 1 heterocycles. The number of carbonyl (C=O) groups excluding carboxylic acids is 1. The summed E-state index contributed by atoms with van der Waals surface area (Å²) < 4.78 is 5.72. The summed E-state index contributed by atoms with van der Waals surface area (Å²) in [5, 5.41) is 9.42. The first kappa shape index (κ1) is 18.2. The lowest BCUT2D eigenvalue weighted by atomic mass is 10.2. The van der Waals surface area contributed by atoms with Crippen LogP contribution >= 0.6 is 11.6 Å². The summed E-state index contributed by atoms with van der Waals surface area (Å²) >= 11 is 5.87. The average molecular weight is 370 g/mol. The van der Waals surface area contributed by atoms with Gasteiger partial charge in [0.1, 0.15) is 12.4 Å². The van der Waals surface area contributed by atoms with Crippen molar-refractivity contribution in [3.63, 3.8) is 0 Å². The molecule has 1 amide bonds. The first-order chi connectivity index (χ1) is 12.7. The van der Waals surface area contributed by atoms with Crippen LogP contribution in [0, 0.1) is 11.3 Å². The Kier molecular flexibility index (Phi) is 6.11. The summed E-state index contributed by atoms with van der Waals surface area (Å²) in [6.45, 7) is 4.46. The van der Waals surface area contributed by atoms with E-state index in [9.17, 15) is 4.79 Å². The fraction of sp³-hybridized carbons (Fsp3) is 0.300. The number of piperazine rings is 1. The predicted molar refractivity (Wildman–Crippen MR) is 100 cm³/mol. The molecule has 0 unspecified atom stereocenters. The van der Waals surface area contributed by atoms with Gasteiger partial charge in [-0.15, -0.1) is 0 Å². The van der Waals surface area contributed by atoms with E-state index in [1.165, 1.54) is 0 Å². The van der Waals surface area contributed by atoms with Gasteiger partial charge in [-0.25, -0.2) is 0 Å². The molecule has 1 aliphatic rings. The minimum Gasteiger partial charge on any atom is -0.492 e. The Morgan fingerprint density at radius 2 is 1.69 bits per heavy atom. The van der Waals surface area contributed by atoms with E-state index < -0.39 is 0 Å². The van der Waals surface area contributed by atoms with Gasteiger partial charge in [-0.1, -0.05) is 11.6 Å². The second kappa shape index (κ2) is 8.70.